The van der Waals surface area contributed by atoms with Gasteiger partial charge < -0.3 is 28.9 Å². The second-order valence-electron chi connectivity index (χ2n) is 10.4. The van der Waals surface area contributed by atoms with E-state index in [1.54, 1.807) is 34.9 Å². The monoisotopic (exact) mass is 600 g/mol. The molecule has 2 aliphatic heterocycles. The van der Waals surface area contributed by atoms with Gasteiger partial charge in [-0.3, -0.25) is 14.0 Å². The zero-order valence-corrected chi connectivity index (χ0v) is 23.0. The van der Waals surface area contributed by atoms with E-state index in [-0.39, 0.29) is 41.2 Å². The molecule has 0 bridgehead atoms. The Balaban J connectivity index is 1.14. The van der Waals surface area contributed by atoms with Crippen LogP contribution in [0.15, 0.2) is 47.6 Å². The predicted octanol–water partition coefficient (Wildman–Crippen LogP) is 3.19. The fraction of sp³-hybridized carbons (Fsp3) is 0.393. The first kappa shape index (κ1) is 28.6. The lowest BCUT2D eigenvalue weighted by Crippen LogP contribution is -2.54. The first-order valence-electron chi connectivity index (χ1n) is 13.6. The normalized spacial score (nSPS) is 19.6. The molecule has 3 aromatic heterocycles. The quantitative estimate of drug-likeness (QED) is 0.366. The van der Waals surface area contributed by atoms with Crippen LogP contribution in [0.5, 0.6) is 11.6 Å². The number of halogens is 3. The molecule has 12 nitrogen and oxygen atoms in total. The van der Waals surface area contributed by atoms with Gasteiger partial charge >= 0.3 is 6.18 Å². The number of piperazine rings is 1. The van der Waals surface area contributed by atoms with Gasteiger partial charge in [0.15, 0.2) is 5.69 Å². The number of aromatic nitrogens is 4. The molecule has 4 aromatic rings. The molecule has 2 atom stereocenters. The molecule has 15 heteroatoms. The number of hydrogen-bond acceptors (Lipinski definition) is 9. The van der Waals surface area contributed by atoms with Crippen molar-refractivity contribution in [2.24, 2.45) is 5.92 Å². The summed E-state index contributed by atoms with van der Waals surface area (Å²) in [7, 11) is 0. The number of rotatable bonds is 5. The van der Waals surface area contributed by atoms with Crippen LogP contribution in [0.25, 0.3) is 16.9 Å². The number of aliphatic hydroxyl groups excluding tert-OH is 1. The van der Waals surface area contributed by atoms with Gasteiger partial charge in [0.1, 0.15) is 12.0 Å². The van der Waals surface area contributed by atoms with Crippen LogP contribution in [-0.2, 0) is 15.7 Å². The van der Waals surface area contributed by atoms with Crippen molar-refractivity contribution in [1.29, 1.82) is 0 Å². The Bertz CT molecular complexity index is 1660. The highest BCUT2D eigenvalue weighted by atomic mass is 19.4. The number of fused-ring (bicyclic) bond motifs is 1. The van der Waals surface area contributed by atoms with Crippen LogP contribution in [-0.4, -0.2) is 91.7 Å². The molecule has 1 aromatic carbocycles. The van der Waals surface area contributed by atoms with Gasteiger partial charge in [0.05, 0.1) is 36.1 Å². The summed E-state index contributed by atoms with van der Waals surface area (Å²) in [5.41, 5.74) is -0.0724. The molecule has 6 rings (SSSR count). The summed E-state index contributed by atoms with van der Waals surface area (Å²) in [5.74, 6) is -0.386. The molecule has 0 spiro atoms. The van der Waals surface area contributed by atoms with Gasteiger partial charge in [-0.2, -0.15) is 13.2 Å². The number of benzene rings is 1. The Morgan fingerprint density at radius 3 is 2.60 bits per heavy atom. The van der Waals surface area contributed by atoms with Gasteiger partial charge in [0, 0.05) is 50.7 Å². The van der Waals surface area contributed by atoms with E-state index in [4.69, 9.17) is 9.47 Å². The lowest BCUT2D eigenvalue weighted by atomic mass is 9.95. The zero-order chi connectivity index (χ0) is 30.3. The molecular formula is C28H27F3N6O6. The van der Waals surface area contributed by atoms with E-state index in [2.05, 4.69) is 19.6 Å². The minimum Gasteiger partial charge on any atom is -0.436 e. The van der Waals surface area contributed by atoms with Gasteiger partial charge in [0.25, 0.3) is 11.8 Å². The molecule has 2 saturated heterocycles. The Hall–Kier alpha value is -4.50. The summed E-state index contributed by atoms with van der Waals surface area (Å²) in [5, 5.41) is 13.2. The van der Waals surface area contributed by atoms with Crippen molar-refractivity contribution in [2.75, 3.05) is 39.4 Å². The molecule has 0 aliphatic carbocycles. The van der Waals surface area contributed by atoms with E-state index in [1.807, 2.05) is 0 Å². The van der Waals surface area contributed by atoms with E-state index in [0.29, 0.717) is 56.1 Å². The van der Waals surface area contributed by atoms with Gasteiger partial charge in [-0.1, -0.05) is 5.16 Å². The Labute approximate surface area is 242 Å². The minimum absolute atomic E-state index is 0.0488. The summed E-state index contributed by atoms with van der Waals surface area (Å²) in [4.78, 5) is 38.0. The molecule has 226 valence electrons. The van der Waals surface area contributed by atoms with Crippen LogP contribution < -0.4 is 4.74 Å². The number of alkyl halides is 3. The molecule has 0 radical (unpaired) electrons. The summed E-state index contributed by atoms with van der Waals surface area (Å²) in [6.07, 6.45) is -0.0966. The number of nitrogens with zero attached hydrogens (tertiary/aromatic N) is 6. The SMILES string of the molecule is Cc1cc(Oc2nccn3c(-c4conc4C(F)(F)F)cnc23)ccc1C(=O)N1CCN(C(=O)[C@H]2CCOC[C@@H]2O)CC1. The molecule has 1 N–H and O–H groups in total. The molecule has 0 saturated carbocycles. The predicted molar refractivity (Wildman–Crippen MR) is 142 cm³/mol. The number of aryl methyl sites for hydroxylation is 1. The Morgan fingerprint density at radius 2 is 1.88 bits per heavy atom. The van der Waals surface area contributed by atoms with E-state index in [0.717, 1.165) is 6.26 Å². The van der Waals surface area contributed by atoms with Gasteiger partial charge in [0.2, 0.25) is 11.6 Å². The third-order valence-electron chi connectivity index (χ3n) is 7.67. The molecule has 5 heterocycles. The summed E-state index contributed by atoms with van der Waals surface area (Å²) in [6.45, 7) is 3.81. The number of carbonyl (C=O) groups excluding carboxylic acids is 2. The highest BCUT2D eigenvalue weighted by Gasteiger charge is 2.39. The molecule has 2 amide bonds. The summed E-state index contributed by atoms with van der Waals surface area (Å²) < 4.78 is 57.3. The third-order valence-corrected chi connectivity index (χ3v) is 7.67. The van der Waals surface area contributed by atoms with Crippen molar-refractivity contribution in [3.05, 3.63) is 59.9 Å². The van der Waals surface area contributed by atoms with Crippen LogP contribution in [0.3, 0.4) is 0 Å². The van der Waals surface area contributed by atoms with Crippen LogP contribution in [0, 0.1) is 12.8 Å². The highest BCUT2D eigenvalue weighted by Crippen LogP contribution is 2.37. The van der Waals surface area contributed by atoms with Crippen LogP contribution >= 0.6 is 0 Å². The van der Waals surface area contributed by atoms with Crippen molar-refractivity contribution in [2.45, 2.75) is 25.6 Å². The average Bonchev–Trinajstić information content (AvgIpc) is 3.65. The van der Waals surface area contributed by atoms with E-state index in [9.17, 15) is 27.9 Å². The van der Waals surface area contributed by atoms with E-state index in [1.165, 1.54) is 23.0 Å². The fourth-order valence-corrected chi connectivity index (χ4v) is 5.39. The highest BCUT2D eigenvalue weighted by molar-refractivity contribution is 5.96. The van der Waals surface area contributed by atoms with E-state index >= 15 is 0 Å². The molecular weight excluding hydrogens is 573 g/mol. The molecule has 2 fully saturated rings. The first-order chi connectivity index (χ1) is 20.6. The number of carbonyl (C=O) groups is 2. The maximum absolute atomic E-state index is 13.4. The van der Waals surface area contributed by atoms with Crippen molar-refractivity contribution in [3.8, 4) is 22.9 Å². The zero-order valence-electron chi connectivity index (χ0n) is 23.0. The van der Waals surface area contributed by atoms with Crippen molar-refractivity contribution in [3.63, 3.8) is 0 Å². The first-order valence-corrected chi connectivity index (χ1v) is 13.6. The smallest absolute Gasteiger partial charge is 0.436 e. The number of hydrogen-bond donors (Lipinski definition) is 1. The number of aliphatic hydroxyl groups is 1. The van der Waals surface area contributed by atoms with E-state index < -0.39 is 23.9 Å². The number of imidazole rings is 1. The van der Waals surface area contributed by atoms with Crippen molar-refractivity contribution < 1.29 is 41.9 Å². The third kappa shape index (κ3) is 5.52. The Morgan fingerprint density at radius 1 is 1.12 bits per heavy atom. The maximum Gasteiger partial charge on any atom is 0.437 e. The van der Waals surface area contributed by atoms with Crippen molar-refractivity contribution >= 4 is 17.5 Å². The summed E-state index contributed by atoms with van der Waals surface area (Å²) in [6, 6.07) is 4.90. The number of amides is 2. The second kappa shape index (κ2) is 11.3. The fourth-order valence-electron chi connectivity index (χ4n) is 5.39. The average molecular weight is 601 g/mol. The number of ether oxygens (including phenoxy) is 2. The molecule has 43 heavy (non-hydrogen) atoms. The van der Waals surface area contributed by atoms with Crippen molar-refractivity contribution in [1.82, 2.24) is 29.3 Å². The molecule has 0 unspecified atom stereocenters. The lowest BCUT2D eigenvalue weighted by molar-refractivity contribution is -0.147. The standard InChI is InChI=1S/C28H27F3N6O6/c1-16-12-17(43-25-24-33-13-21(37(24)6-5-32-25)20-14-42-34-23(20)28(29,30)31)2-3-18(16)26(39)35-7-9-36(10-8-35)27(40)19-4-11-41-15-22(19)38/h2-3,5-6,12-14,19,22,38H,4,7-11,15H2,1H3/t19-,22-/m0/s1. The topological polar surface area (TPSA) is 136 Å². The second-order valence-corrected chi connectivity index (χ2v) is 10.4. The lowest BCUT2D eigenvalue weighted by Gasteiger charge is -2.38. The van der Waals surface area contributed by atoms with Gasteiger partial charge in [-0.15, -0.1) is 0 Å². The summed E-state index contributed by atoms with van der Waals surface area (Å²) >= 11 is 0. The van der Waals surface area contributed by atoms with Crippen LogP contribution in [0.2, 0.25) is 0 Å². The van der Waals surface area contributed by atoms with Crippen LogP contribution in [0.4, 0.5) is 13.2 Å². The maximum atomic E-state index is 13.4. The molecule has 2 aliphatic rings. The van der Waals surface area contributed by atoms with Gasteiger partial charge in [-0.05, 0) is 37.1 Å². The van der Waals surface area contributed by atoms with Gasteiger partial charge in [-0.25, -0.2) is 9.97 Å². The largest absolute Gasteiger partial charge is 0.437 e. The Kier molecular flexibility index (Phi) is 7.52. The van der Waals surface area contributed by atoms with Crippen LogP contribution in [0.1, 0.15) is 28.0 Å². The minimum atomic E-state index is -4.71.